The minimum absolute atomic E-state index is 0.828. The van der Waals surface area contributed by atoms with E-state index in [0.717, 1.165) is 26.8 Å². The number of methoxy groups -OCH3 is 1. The fourth-order valence-corrected chi connectivity index (χ4v) is 1.94. The largest absolute Gasteiger partial charge is 0.495 e. The van der Waals surface area contributed by atoms with Gasteiger partial charge in [-0.15, -0.1) is 0 Å². The number of hydrogen-bond acceptors (Lipinski definition) is 2. The molecule has 4 heteroatoms. The minimum Gasteiger partial charge on any atom is -0.495 e. The van der Waals surface area contributed by atoms with Gasteiger partial charge in [0, 0.05) is 0 Å². The number of rotatable bonds is 1. The van der Waals surface area contributed by atoms with E-state index in [2.05, 4.69) is 25.9 Å². The van der Waals surface area contributed by atoms with Crippen LogP contribution in [0.15, 0.2) is 16.9 Å². The minimum atomic E-state index is 0.828. The van der Waals surface area contributed by atoms with Crippen molar-refractivity contribution in [3.8, 4) is 5.75 Å². The summed E-state index contributed by atoms with van der Waals surface area (Å²) < 4.78 is 6.13. The highest BCUT2D eigenvalue weighted by atomic mass is 79.9. The third-order valence-corrected chi connectivity index (χ3v) is 2.80. The summed E-state index contributed by atoms with van der Waals surface area (Å²) in [5, 5.41) is 0. The number of nitrogens with one attached hydrogen (secondary N) is 1. The summed E-state index contributed by atoms with van der Waals surface area (Å²) in [4.78, 5) is 7.28. The van der Waals surface area contributed by atoms with Crippen molar-refractivity contribution >= 4 is 27.0 Å². The predicted molar refractivity (Wildman–Crippen MR) is 55.1 cm³/mol. The highest BCUT2D eigenvalue weighted by molar-refractivity contribution is 9.10. The third-order valence-electron chi connectivity index (χ3n) is 2.02. The fraction of sp³-hybridized carbons (Fsp3) is 0.222. The first-order valence-electron chi connectivity index (χ1n) is 3.90. The van der Waals surface area contributed by atoms with Crippen molar-refractivity contribution < 1.29 is 4.74 Å². The molecule has 1 aromatic heterocycles. The van der Waals surface area contributed by atoms with Gasteiger partial charge in [-0.3, -0.25) is 0 Å². The van der Waals surface area contributed by atoms with Crippen molar-refractivity contribution in [2.45, 2.75) is 6.92 Å². The molecule has 13 heavy (non-hydrogen) atoms. The van der Waals surface area contributed by atoms with Crippen LogP contribution in [0.2, 0.25) is 0 Å². The van der Waals surface area contributed by atoms with E-state index in [-0.39, 0.29) is 0 Å². The Morgan fingerprint density at radius 2 is 2.31 bits per heavy atom. The van der Waals surface area contributed by atoms with E-state index in [1.165, 1.54) is 0 Å². The topological polar surface area (TPSA) is 37.9 Å². The van der Waals surface area contributed by atoms with Gasteiger partial charge < -0.3 is 9.72 Å². The maximum absolute atomic E-state index is 5.21. The lowest BCUT2D eigenvalue weighted by Gasteiger charge is -2.05. The van der Waals surface area contributed by atoms with Crippen LogP contribution in [0.4, 0.5) is 0 Å². The van der Waals surface area contributed by atoms with Crippen LogP contribution in [0.3, 0.4) is 0 Å². The van der Waals surface area contributed by atoms with Crippen molar-refractivity contribution in [1.29, 1.82) is 0 Å². The van der Waals surface area contributed by atoms with Gasteiger partial charge in [-0.05, 0) is 34.5 Å². The summed E-state index contributed by atoms with van der Waals surface area (Å²) in [6.45, 7) is 2.01. The van der Waals surface area contributed by atoms with Crippen molar-refractivity contribution in [2.75, 3.05) is 7.11 Å². The van der Waals surface area contributed by atoms with Crippen molar-refractivity contribution in [3.05, 3.63) is 22.4 Å². The van der Waals surface area contributed by atoms with Crippen LogP contribution in [0.25, 0.3) is 11.0 Å². The van der Waals surface area contributed by atoms with Crippen LogP contribution in [-0.4, -0.2) is 17.1 Å². The molecule has 0 aliphatic rings. The fourth-order valence-electron chi connectivity index (χ4n) is 1.36. The van der Waals surface area contributed by atoms with Gasteiger partial charge in [0.25, 0.3) is 0 Å². The Hall–Kier alpha value is -1.03. The molecule has 0 bridgehead atoms. The number of hydrogen-bond donors (Lipinski definition) is 1. The average molecular weight is 241 g/mol. The molecule has 1 aromatic carbocycles. The third kappa shape index (κ3) is 1.21. The molecule has 0 aliphatic carbocycles. The molecule has 0 unspecified atom stereocenters. The van der Waals surface area contributed by atoms with Gasteiger partial charge >= 0.3 is 0 Å². The lowest BCUT2D eigenvalue weighted by Crippen LogP contribution is -1.87. The zero-order valence-corrected chi connectivity index (χ0v) is 8.97. The smallest absolute Gasteiger partial charge is 0.135 e. The quantitative estimate of drug-likeness (QED) is 0.833. The number of imidazole rings is 1. The standard InChI is InChI=1S/C9H9BrN2O/c1-5-3-6(13-2)7(10)9-8(5)11-4-12-9/h3-4H,1-2H3,(H,11,12). The van der Waals surface area contributed by atoms with Crippen molar-refractivity contribution in [2.24, 2.45) is 0 Å². The molecule has 1 N–H and O–H groups in total. The number of ether oxygens (including phenoxy) is 1. The zero-order chi connectivity index (χ0) is 9.42. The molecule has 68 valence electrons. The number of aromatic nitrogens is 2. The molecular weight excluding hydrogens is 232 g/mol. The molecule has 0 saturated heterocycles. The van der Waals surface area contributed by atoms with E-state index in [1.54, 1.807) is 13.4 Å². The van der Waals surface area contributed by atoms with Crippen LogP contribution in [0.5, 0.6) is 5.75 Å². The van der Waals surface area contributed by atoms with Crippen molar-refractivity contribution in [1.82, 2.24) is 9.97 Å². The lowest BCUT2D eigenvalue weighted by atomic mass is 10.2. The summed E-state index contributed by atoms with van der Waals surface area (Å²) in [6.07, 6.45) is 1.68. The molecule has 3 nitrogen and oxygen atoms in total. The van der Waals surface area contributed by atoms with Crippen molar-refractivity contribution in [3.63, 3.8) is 0 Å². The highest BCUT2D eigenvalue weighted by Gasteiger charge is 2.09. The van der Waals surface area contributed by atoms with E-state index in [0.29, 0.717) is 0 Å². The number of fused-ring (bicyclic) bond motifs is 1. The van der Waals surface area contributed by atoms with E-state index < -0.39 is 0 Å². The van der Waals surface area contributed by atoms with Crippen LogP contribution < -0.4 is 4.74 Å². The molecule has 2 rings (SSSR count). The Morgan fingerprint density at radius 3 is 3.00 bits per heavy atom. The monoisotopic (exact) mass is 240 g/mol. The first-order valence-corrected chi connectivity index (χ1v) is 4.69. The van der Waals surface area contributed by atoms with Gasteiger partial charge in [0.2, 0.25) is 0 Å². The second-order valence-electron chi connectivity index (χ2n) is 2.84. The summed E-state index contributed by atoms with van der Waals surface area (Å²) in [6, 6.07) is 1.97. The lowest BCUT2D eigenvalue weighted by molar-refractivity contribution is 0.412. The average Bonchev–Trinajstić information content (AvgIpc) is 2.60. The van der Waals surface area contributed by atoms with Gasteiger partial charge in [0.1, 0.15) is 5.75 Å². The Labute approximate surface area is 84.3 Å². The van der Waals surface area contributed by atoms with Crippen LogP contribution in [0.1, 0.15) is 5.56 Å². The number of H-pyrrole nitrogens is 1. The number of aryl methyl sites for hydroxylation is 1. The van der Waals surface area contributed by atoms with Crippen LogP contribution >= 0.6 is 15.9 Å². The van der Waals surface area contributed by atoms with Gasteiger partial charge in [0.15, 0.2) is 0 Å². The normalized spacial score (nSPS) is 10.7. The molecule has 1 heterocycles. The predicted octanol–water partition coefficient (Wildman–Crippen LogP) is 2.64. The van der Waals surface area contributed by atoms with E-state index in [1.807, 2.05) is 13.0 Å². The second kappa shape index (κ2) is 3.03. The molecule has 2 aromatic rings. The zero-order valence-electron chi connectivity index (χ0n) is 7.39. The molecule has 0 saturated carbocycles. The van der Waals surface area contributed by atoms with E-state index in [4.69, 9.17) is 4.74 Å². The molecular formula is C9H9BrN2O. The van der Waals surface area contributed by atoms with Gasteiger partial charge in [0.05, 0.1) is 28.9 Å². The molecule has 0 fully saturated rings. The SMILES string of the molecule is COc1cc(C)c2nc[nH]c2c1Br. The molecule has 0 amide bonds. The Kier molecular flexibility index (Phi) is 2.00. The summed E-state index contributed by atoms with van der Waals surface area (Å²) in [5.74, 6) is 0.828. The van der Waals surface area contributed by atoms with Gasteiger partial charge in [-0.1, -0.05) is 0 Å². The van der Waals surface area contributed by atoms with Gasteiger partial charge in [-0.25, -0.2) is 4.98 Å². The molecule has 0 aliphatic heterocycles. The Bertz CT molecular complexity index is 450. The first kappa shape index (κ1) is 8.56. The first-order chi connectivity index (χ1) is 6.24. The number of halogens is 1. The number of aromatic amines is 1. The number of benzene rings is 1. The summed E-state index contributed by atoms with van der Waals surface area (Å²) in [5.41, 5.74) is 3.07. The van der Waals surface area contributed by atoms with E-state index >= 15 is 0 Å². The molecule has 0 atom stereocenters. The van der Waals surface area contributed by atoms with Gasteiger partial charge in [-0.2, -0.15) is 0 Å². The highest BCUT2D eigenvalue weighted by Crippen LogP contribution is 2.33. The maximum Gasteiger partial charge on any atom is 0.135 e. The second-order valence-corrected chi connectivity index (χ2v) is 3.63. The van der Waals surface area contributed by atoms with Crippen LogP contribution in [-0.2, 0) is 0 Å². The van der Waals surface area contributed by atoms with E-state index in [9.17, 15) is 0 Å². The molecule has 0 spiro atoms. The Morgan fingerprint density at radius 1 is 1.54 bits per heavy atom. The molecule has 0 radical (unpaired) electrons. The summed E-state index contributed by atoms with van der Waals surface area (Å²) in [7, 11) is 1.65. The summed E-state index contributed by atoms with van der Waals surface area (Å²) >= 11 is 3.46. The van der Waals surface area contributed by atoms with Crippen LogP contribution in [0, 0.1) is 6.92 Å². The maximum atomic E-state index is 5.21. The Balaban J connectivity index is 2.85. The number of nitrogens with zero attached hydrogens (tertiary/aromatic N) is 1.